The maximum absolute atomic E-state index is 5.73. The van der Waals surface area contributed by atoms with E-state index in [0.29, 0.717) is 0 Å². The van der Waals surface area contributed by atoms with Crippen LogP contribution in [-0.4, -0.2) is 29.1 Å². The lowest BCUT2D eigenvalue weighted by molar-refractivity contribution is 0.172. The molecule has 0 unspecified atom stereocenters. The van der Waals surface area contributed by atoms with Gasteiger partial charge in [-0.1, -0.05) is 18.2 Å². The summed E-state index contributed by atoms with van der Waals surface area (Å²) in [4.78, 5) is 8.36. The van der Waals surface area contributed by atoms with Gasteiger partial charge in [-0.3, -0.25) is 4.90 Å². The van der Waals surface area contributed by atoms with Gasteiger partial charge in [0.2, 0.25) is 0 Å². The van der Waals surface area contributed by atoms with Gasteiger partial charge in [0.15, 0.2) is 0 Å². The highest BCUT2D eigenvalue weighted by atomic mass is 32.1. The number of aromatic nitrogens is 1. The molecule has 1 fully saturated rings. The highest BCUT2D eigenvalue weighted by Crippen LogP contribution is 2.34. The number of thiazole rings is 1. The Morgan fingerprint density at radius 1 is 1.11 bits per heavy atom. The van der Waals surface area contributed by atoms with Crippen molar-refractivity contribution in [1.82, 2.24) is 9.88 Å². The Morgan fingerprint density at radius 3 is 2.52 bits per heavy atom. The molecule has 0 aliphatic carbocycles. The van der Waals surface area contributed by atoms with E-state index in [1.165, 1.54) is 46.6 Å². The average molecular weight is 379 g/mol. The fourth-order valence-corrected chi connectivity index (χ4v) is 4.38. The summed E-state index contributed by atoms with van der Waals surface area (Å²) in [5, 5.41) is 1.08. The zero-order valence-corrected chi connectivity index (χ0v) is 17.1. The molecule has 1 aromatic heterocycles. The lowest BCUT2D eigenvalue weighted by Gasteiger charge is -2.30. The molecular formula is C23H26N2OS. The first-order chi connectivity index (χ1) is 13.1. The van der Waals surface area contributed by atoms with Crippen molar-refractivity contribution in [2.45, 2.75) is 39.8 Å². The molecule has 0 radical (unpaired) electrons. The van der Waals surface area contributed by atoms with Gasteiger partial charge >= 0.3 is 0 Å². The quantitative estimate of drug-likeness (QED) is 0.544. The van der Waals surface area contributed by atoms with Crippen LogP contribution in [0.15, 0.2) is 48.7 Å². The number of aryl methyl sites for hydroxylation is 1. The van der Waals surface area contributed by atoms with Crippen molar-refractivity contribution in [3.63, 3.8) is 0 Å². The number of ether oxygens (including phenoxy) is 1. The third kappa shape index (κ3) is 4.23. The van der Waals surface area contributed by atoms with Crippen LogP contribution >= 0.6 is 11.3 Å². The van der Waals surface area contributed by atoms with Crippen LogP contribution in [0, 0.1) is 6.92 Å². The van der Waals surface area contributed by atoms with Crippen LogP contribution in [0.25, 0.3) is 21.0 Å². The van der Waals surface area contributed by atoms with Crippen LogP contribution in [0.5, 0.6) is 5.75 Å². The van der Waals surface area contributed by atoms with Gasteiger partial charge in [-0.05, 0) is 81.2 Å². The second kappa shape index (κ2) is 7.83. The maximum atomic E-state index is 5.73. The topological polar surface area (TPSA) is 25.4 Å². The van der Waals surface area contributed by atoms with E-state index in [1.807, 2.05) is 32.2 Å². The van der Waals surface area contributed by atoms with E-state index < -0.39 is 0 Å². The molecule has 1 saturated heterocycles. The summed E-state index contributed by atoms with van der Waals surface area (Å²) in [6, 6.07) is 15.1. The predicted octanol–water partition coefficient (Wildman–Crippen LogP) is 5.78. The smallest absolute Gasteiger partial charge is 0.124 e. The SMILES string of the molecule is Cc1cc(CN2CCC2)ccc1-c1ncc(-c2ccc(OC(C)C)cc2)s1. The molecule has 0 N–H and O–H groups in total. The zero-order chi connectivity index (χ0) is 18.8. The van der Waals surface area contributed by atoms with E-state index in [0.717, 1.165) is 17.3 Å². The average Bonchev–Trinajstić information content (AvgIpc) is 3.08. The van der Waals surface area contributed by atoms with Gasteiger partial charge in [0, 0.05) is 18.3 Å². The molecule has 3 nitrogen and oxygen atoms in total. The summed E-state index contributed by atoms with van der Waals surface area (Å²) in [6.45, 7) is 9.81. The van der Waals surface area contributed by atoms with Crippen molar-refractivity contribution in [2.24, 2.45) is 0 Å². The molecule has 0 bridgehead atoms. The predicted molar refractivity (Wildman–Crippen MR) is 113 cm³/mol. The second-order valence-electron chi connectivity index (χ2n) is 7.50. The molecule has 1 aliphatic rings. The van der Waals surface area contributed by atoms with Crippen LogP contribution in [0.2, 0.25) is 0 Å². The standard InChI is InChI=1S/C23H26N2OS/c1-16(2)26-20-8-6-19(7-9-20)22-14-24-23(27-22)21-10-5-18(13-17(21)3)15-25-11-4-12-25/h5-10,13-14,16H,4,11-12,15H2,1-3H3. The number of rotatable bonds is 6. The van der Waals surface area contributed by atoms with E-state index in [2.05, 4.69) is 47.1 Å². The Balaban J connectivity index is 1.51. The lowest BCUT2D eigenvalue weighted by Crippen LogP contribution is -2.36. The van der Waals surface area contributed by atoms with Crippen LogP contribution in [0.4, 0.5) is 0 Å². The van der Waals surface area contributed by atoms with Crippen molar-refractivity contribution < 1.29 is 4.74 Å². The van der Waals surface area contributed by atoms with E-state index in [4.69, 9.17) is 4.74 Å². The Hall–Kier alpha value is -2.17. The van der Waals surface area contributed by atoms with Crippen molar-refractivity contribution in [2.75, 3.05) is 13.1 Å². The lowest BCUT2D eigenvalue weighted by atomic mass is 10.0. The Morgan fingerprint density at radius 2 is 1.89 bits per heavy atom. The molecule has 140 valence electrons. The van der Waals surface area contributed by atoms with Gasteiger partial charge in [-0.2, -0.15) is 0 Å². The van der Waals surface area contributed by atoms with E-state index in [-0.39, 0.29) is 6.10 Å². The Labute approximate surface area is 165 Å². The molecule has 2 aromatic carbocycles. The summed E-state index contributed by atoms with van der Waals surface area (Å²) in [5.41, 5.74) is 5.11. The van der Waals surface area contributed by atoms with E-state index in [1.54, 1.807) is 11.3 Å². The minimum absolute atomic E-state index is 0.192. The minimum atomic E-state index is 0.192. The molecule has 0 atom stereocenters. The van der Waals surface area contributed by atoms with Gasteiger partial charge in [0.25, 0.3) is 0 Å². The largest absolute Gasteiger partial charge is 0.491 e. The molecule has 4 rings (SSSR count). The normalized spacial score (nSPS) is 14.4. The third-order valence-corrected chi connectivity index (χ3v) is 5.97. The molecule has 0 spiro atoms. The Bertz CT molecular complexity index is 910. The van der Waals surface area contributed by atoms with Crippen LogP contribution < -0.4 is 4.74 Å². The van der Waals surface area contributed by atoms with E-state index in [9.17, 15) is 0 Å². The highest BCUT2D eigenvalue weighted by Gasteiger charge is 2.15. The van der Waals surface area contributed by atoms with Crippen LogP contribution in [0.1, 0.15) is 31.4 Å². The third-order valence-electron chi connectivity index (χ3n) is 4.89. The fourth-order valence-electron chi connectivity index (χ4n) is 3.36. The number of hydrogen-bond acceptors (Lipinski definition) is 4. The summed E-state index contributed by atoms with van der Waals surface area (Å²) in [7, 11) is 0. The van der Waals surface area contributed by atoms with Crippen LogP contribution in [0.3, 0.4) is 0 Å². The van der Waals surface area contributed by atoms with Gasteiger partial charge in [0.1, 0.15) is 10.8 Å². The second-order valence-corrected chi connectivity index (χ2v) is 8.53. The molecule has 2 heterocycles. The summed E-state index contributed by atoms with van der Waals surface area (Å²) in [6.07, 6.45) is 3.51. The first kappa shape index (κ1) is 18.2. The molecule has 3 aromatic rings. The maximum Gasteiger partial charge on any atom is 0.124 e. The molecule has 0 saturated carbocycles. The summed E-state index contributed by atoms with van der Waals surface area (Å²) < 4.78 is 5.73. The number of likely N-dealkylation sites (tertiary alicyclic amines) is 1. The van der Waals surface area contributed by atoms with Crippen molar-refractivity contribution in [3.8, 4) is 26.8 Å². The van der Waals surface area contributed by atoms with Gasteiger partial charge in [-0.15, -0.1) is 11.3 Å². The highest BCUT2D eigenvalue weighted by molar-refractivity contribution is 7.18. The minimum Gasteiger partial charge on any atom is -0.491 e. The van der Waals surface area contributed by atoms with Crippen LogP contribution in [-0.2, 0) is 6.54 Å². The van der Waals surface area contributed by atoms with Gasteiger partial charge in [0.05, 0.1) is 11.0 Å². The molecule has 1 aliphatic heterocycles. The van der Waals surface area contributed by atoms with Crippen molar-refractivity contribution >= 4 is 11.3 Å². The number of hydrogen-bond donors (Lipinski definition) is 0. The van der Waals surface area contributed by atoms with E-state index >= 15 is 0 Å². The van der Waals surface area contributed by atoms with Crippen molar-refractivity contribution in [3.05, 3.63) is 59.8 Å². The fraction of sp³-hybridized carbons (Fsp3) is 0.348. The Kier molecular flexibility index (Phi) is 5.28. The number of nitrogens with zero attached hydrogens (tertiary/aromatic N) is 2. The van der Waals surface area contributed by atoms with Gasteiger partial charge in [-0.25, -0.2) is 4.98 Å². The monoisotopic (exact) mass is 378 g/mol. The first-order valence-electron chi connectivity index (χ1n) is 9.63. The summed E-state index contributed by atoms with van der Waals surface area (Å²) in [5.74, 6) is 0.909. The number of benzene rings is 2. The first-order valence-corrected chi connectivity index (χ1v) is 10.5. The molecule has 27 heavy (non-hydrogen) atoms. The molecular weight excluding hydrogens is 352 g/mol. The summed E-state index contributed by atoms with van der Waals surface area (Å²) >= 11 is 1.75. The van der Waals surface area contributed by atoms with Crippen molar-refractivity contribution in [1.29, 1.82) is 0 Å². The van der Waals surface area contributed by atoms with Gasteiger partial charge < -0.3 is 4.74 Å². The molecule has 4 heteroatoms. The zero-order valence-electron chi connectivity index (χ0n) is 16.2. The molecule has 0 amide bonds.